The molecule has 0 bridgehead atoms. The van der Waals surface area contributed by atoms with Crippen molar-refractivity contribution in [1.29, 1.82) is 0 Å². The molecule has 5 aromatic rings. The van der Waals surface area contributed by atoms with E-state index in [1.54, 1.807) is 36.1 Å². The van der Waals surface area contributed by atoms with Gasteiger partial charge >= 0.3 is 0 Å². The van der Waals surface area contributed by atoms with E-state index in [2.05, 4.69) is 26.6 Å². The molecule has 0 aliphatic carbocycles. The van der Waals surface area contributed by atoms with Gasteiger partial charge < -0.3 is 14.9 Å². The van der Waals surface area contributed by atoms with Crippen molar-refractivity contribution in [1.82, 2.24) is 25.1 Å². The fraction of sp³-hybridized carbons (Fsp3) is 0.154. The monoisotopic (exact) mass is 550 g/mol. The van der Waals surface area contributed by atoms with Crippen LogP contribution < -0.4 is 5.32 Å². The summed E-state index contributed by atoms with van der Waals surface area (Å²) in [5.74, 6) is -0.0205. The first kappa shape index (κ1) is 24.0. The van der Waals surface area contributed by atoms with Gasteiger partial charge in [-0.15, -0.1) is 10.2 Å². The Morgan fingerprint density at radius 3 is 2.73 bits per heavy atom. The molecule has 1 aliphatic rings. The molecule has 3 heterocycles. The lowest BCUT2D eigenvalue weighted by Crippen LogP contribution is -2.34. The largest absolute Gasteiger partial charge is 0.357 e. The van der Waals surface area contributed by atoms with Crippen molar-refractivity contribution >= 4 is 51.6 Å². The molecule has 1 aliphatic heterocycles. The summed E-state index contributed by atoms with van der Waals surface area (Å²) in [6.45, 7) is 0.601. The van der Waals surface area contributed by atoms with Crippen LogP contribution in [0.3, 0.4) is 0 Å². The van der Waals surface area contributed by atoms with Gasteiger partial charge in [-0.1, -0.05) is 53.5 Å². The van der Waals surface area contributed by atoms with E-state index in [4.69, 9.17) is 23.2 Å². The second-order valence-electron chi connectivity index (χ2n) is 8.87. The number of hydrogen-bond donors (Lipinski definition) is 2. The number of halogens is 2. The van der Waals surface area contributed by atoms with Gasteiger partial charge in [0.25, 0.3) is 5.69 Å². The fourth-order valence-corrected chi connectivity index (χ4v) is 6.36. The van der Waals surface area contributed by atoms with Gasteiger partial charge in [0.15, 0.2) is 5.16 Å². The van der Waals surface area contributed by atoms with Crippen LogP contribution in [-0.2, 0) is 7.05 Å². The van der Waals surface area contributed by atoms with Crippen molar-refractivity contribution in [2.24, 2.45) is 7.05 Å². The number of rotatable bonds is 5. The number of nitrogens with one attached hydrogen (secondary N) is 2. The highest BCUT2D eigenvalue weighted by atomic mass is 35.5. The smallest absolute Gasteiger partial charge is 0.283 e. The summed E-state index contributed by atoms with van der Waals surface area (Å²) in [5.41, 5.74) is 4.88. The van der Waals surface area contributed by atoms with E-state index in [1.165, 1.54) is 11.8 Å². The maximum atomic E-state index is 12.1. The van der Waals surface area contributed by atoms with Gasteiger partial charge in [-0.25, -0.2) is 0 Å². The average Bonchev–Trinajstić information content (AvgIpc) is 3.47. The molecule has 2 N–H and O–H groups in total. The maximum absolute atomic E-state index is 12.1. The highest BCUT2D eigenvalue weighted by Crippen LogP contribution is 2.44. The second-order valence-corrected chi connectivity index (χ2v) is 10.7. The minimum absolute atomic E-state index is 0.0205. The normalized spacial score (nSPS) is 17.2. The number of aromatic amines is 1. The van der Waals surface area contributed by atoms with E-state index in [1.807, 2.05) is 36.4 Å². The number of aromatic nitrogens is 4. The Hall–Kier alpha value is -3.37. The van der Waals surface area contributed by atoms with Gasteiger partial charge in [-0.2, -0.15) is 0 Å². The van der Waals surface area contributed by atoms with Crippen LogP contribution in [0.1, 0.15) is 34.3 Å². The first-order chi connectivity index (χ1) is 17.9. The van der Waals surface area contributed by atoms with Gasteiger partial charge in [0, 0.05) is 52.2 Å². The van der Waals surface area contributed by atoms with E-state index >= 15 is 0 Å². The Morgan fingerprint density at radius 1 is 1.14 bits per heavy atom. The average molecular weight is 551 g/mol. The zero-order valence-electron chi connectivity index (χ0n) is 19.5. The Kier molecular flexibility index (Phi) is 6.16. The van der Waals surface area contributed by atoms with Crippen molar-refractivity contribution in [3.8, 4) is 0 Å². The lowest BCUT2D eigenvalue weighted by atomic mass is 9.83. The van der Waals surface area contributed by atoms with Crippen LogP contribution in [0.15, 0.2) is 77.0 Å². The van der Waals surface area contributed by atoms with Gasteiger partial charge in [0.05, 0.1) is 15.9 Å². The van der Waals surface area contributed by atoms with Crippen molar-refractivity contribution in [2.45, 2.75) is 22.0 Å². The Balaban J connectivity index is 1.46. The first-order valence-electron chi connectivity index (χ1n) is 11.5. The predicted molar refractivity (Wildman–Crippen MR) is 145 cm³/mol. The number of nitro benzene ring substituents is 1. The molecule has 0 spiro atoms. The second kappa shape index (κ2) is 9.50. The van der Waals surface area contributed by atoms with Crippen LogP contribution in [0.4, 0.5) is 5.69 Å². The van der Waals surface area contributed by atoms with Gasteiger partial charge in [0.2, 0.25) is 0 Å². The maximum Gasteiger partial charge on any atom is 0.283 e. The van der Waals surface area contributed by atoms with Crippen LogP contribution in [-0.4, -0.2) is 31.2 Å². The minimum atomic E-state index is -0.354. The van der Waals surface area contributed by atoms with E-state index in [-0.39, 0.29) is 22.6 Å². The highest BCUT2D eigenvalue weighted by molar-refractivity contribution is 7.99. The number of benzene rings is 3. The summed E-state index contributed by atoms with van der Waals surface area (Å²) in [6.07, 6.45) is 1.56. The summed E-state index contributed by atoms with van der Waals surface area (Å²) in [6, 6.07) is 18.8. The molecule has 186 valence electrons. The minimum Gasteiger partial charge on any atom is -0.357 e. The Morgan fingerprint density at radius 2 is 1.97 bits per heavy atom. The summed E-state index contributed by atoms with van der Waals surface area (Å²) in [5, 5.41) is 26.4. The first-order valence-corrected chi connectivity index (χ1v) is 13.1. The van der Waals surface area contributed by atoms with Crippen LogP contribution in [0.25, 0.3) is 10.9 Å². The van der Waals surface area contributed by atoms with Gasteiger partial charge in [0.1, 0.15) is 6.33 Å². The summed E-state index contributed by atoms with van der Waals surface area (Å²) in [4.78, 5) is 15.8. The molecule has 0 radical (unpaired) electrons. The van der Waals surface area contributed by atoms with Crippen LogP contribution in [0, 0.1) is 10.1 Å². The van der Waals surface area contributed by atoms with Crippen molar-refractivity contribution in [3.05, 3.63) is 110 Å². The molecule has 0 saturated carbocycles. The van der Waals surface area contributed by atoms with Gasteiger partial charge in [-0.3, -0.25) is 10.1 Å². The SMILES string of the molecule is Cn1cnnc1Sc1ccc([C@H]2NC[C@@H](c3ccc(Cl)cc3Cl)c3c2[nH]c2ccccc32)cc1[N+](=O)[O-]. The highest BCUT2D eigenvalue weighted by Gasteiger charge is 2.34. The third-order valence-electron chi connectivity index (χ3n) is 6.66. The van der Waals surface area contributed by atoms with Crippen LogP contribution >= 0.6 is 35.0 Å². The van der Waals surface area contributed by atoms with Crippen LogP contribution in [0.5, 0.6) is 0 Å². The van der Waals surface area contributed by atoms with E-state index in [0.29, 0.717) is 26.6 Å². The van der Waals surface area contributed by atoms with Crippen molar-refractivity contribution in [3.63, 3.8) is 0 Å². The Bertz CT molecular complexity index is 1670. The molecule has 6 rings (SSSR count). The lowest BCUT2D eigenvalue weighted by molar-refractivity contribution is -0.387. The number of aryl methyl sites for hydroxylation is 1. The standard InChI is InChI=1S/C26H20Cl2N6O2S/c1-33-13-30-32-26(33)37-22-9-6-14(10-21(22)34(35)36)24-25-23(17-4-2-3-5-20(17)31-25)18(12-29-24)16-8-7-15(27)11-19(16)28/h2-11,13,18,24,29,31H,12H2,1H3/t18-,24+/m0/s1. The number of H-pyrrole nitrogens is 1. The summed E-state index contributed by atoms with van der Waals surface area (Å²) < 4.78 is 1.73. The van der Waals surface area contributed by atoms with Gasteiger partial charge in [-0.05, 0) is 52.7 Å². The van der Waals surface area contributed by atoms with Crippen LogP contribution in [0.2, 0.25) is 10.0 Å². The molecule has 0 amide bonds. The van der Waals surface area contributed by atoms with Crippen molar-refractivity contribution in [2.75, 3.05) is 6.54 Å². The molecule has 37 heavy (non-hydrogen) atoms. The number of para-hydroxylation sites is 1. The molecule has 3 aromatic carbocycles. The Labute approximate surface area is 226 Å². The molecular formula is C26H20Cl2N6O2S. The van der Waals surface area contributed by atoms with E-state index in [0.717, 1.165) is 33.3 Å². The van der Waals surface area contributed by atoms with E-state index < -0.39 is 0 Å². The molecule has 0 saturated heterocycles. The number of nitro groups is 1. The lowest BCUT2D eigenvalue weighted by Gasteiger charge is -2.32. The zero-order chi connectivity index (χ0) is 25.7. The fourth-order valence-electron chi connectivity index (χ4n) is 4.97. The van der Waals surface area contributed by atoms with Crippen molar-refractivity contribution < 1.29 is 4.92 Å². The quantitative estimate of drug-likeness (QED) is 0.191. The molecule has 8 nitrogen and oxygen atoms in total. The molecule has 2 atom stereocenters. The molecule has 0 unspecified atom stereocenters. The molecule has 11 heteroatoms. The summed E-state index contributed by atoms with van der Waals surface area (Å²) in [7, 11) is 1.80. The molecule has 0 fully saturated rings. The molecular weight excluding hydrogens is 531 g/mol. The number of fused-ring (bicyclic) bond motifs is 3. The predicted octanol–water partition coefficient (Wildman–Crippen LogP) is 6.49. The zero-order valence-corrected chi connectivity index (χ0v) is 21.8. The topological polar surface area (TPSA) is 102 Å². The summed E-state index contributed by atoms with van der Waals surface area (Å²) >= 11 is 14.0. The molecule has 2 aromatic heterocycles. The third kappa shape index (κ3) is 4.27. The number of hydrogen-bond acceptors (Lipinski definition) is 6. The number of nitrogens with zero attached hydrogens (tertiary/aromatic N) is 4. The van der Waals surface area contributed by atoms with E-state index in [9.17, 15) is 10.1 Å². The third-order valence-corrected chi connectivity index (χ3v) is 8.34.